The first kappa shape index (κ1) is 18.0. The van der Waals surface area contributed by atoms with Gasteiger partial charge in [0.05, 0.1) is 5.03 Å². The molecule has 3 nitrogen and oxygen atoms in total. The molecule has 1 aromatic heterocycles. The first-order valence-corrected chi connectivity index (χ1v) is 7.66. The van der Waals surface area contributed by atoms with Gasteiger partial charge in [-0.2, -0.15) is 22.0 Å². The maximum atomic E-state index is 13.0. The summed E-state index contributed by atoms with van der Waals surface area (Å²) in [4.78, 5) is 16.7. The fourth-order valence-corrected chi connectivity index (χ4v) is 2.98. The normalized spacial score (nSPS) is 17.8. The van der Waals surface area contributed by atoms with Crippen molar-refractivity contribution in [2.24, 2.45) is 0 Å². The lowest BCUT2D eigenvalue weighted by atomic mass is 10.2. The molecule has 1 aliphatic rings. The molecular weight excluding hydrogens is 363 g/mol. The van der Waals surface area contributed by atoms with E-state index >= 15 is 0 Å². The molecule has 1 aliphatic heterocycles. The van der Waals surface area contributed by atoms with E-state index in [-0.39, 0.29) is 16.7 Å². The molecular formula is C13H10ClF5N2OS. The number of hydrogen-bond acceptors (Lipinski definition) is 4. The largest absolute Gasteiger partial charge is 0.461 e. The minimum atomic E-state index is -5.91. The van der Waals surface area contributed by atoms with Gasteiger partial charge in [0.15, 0.2) is 0 Å². The van der Waals surface area contributed by atoms with E-state index in [9.17, 15) is 26.7 Å². The van der Waals surface area contributed by atoms with E-state index in [1.165, 1.54) is 12.3 Å². The van der Waals surface area contributed by atoms with Crippen molar-refractivity contribution < 1.29 is 26.7 Å². The molecule has 0 unspecified atom stereocenters. The van der Waals surface area contributed by atoms with Crippen molar-refractivity contribution in [3.8, 4) is 0 Å². The van der Waals surface area contributed by atoms with Crippen LogP contribution in [0.2, 0.25) is 5.15 Å². The molecule has 2 heterocycles. The lowest BCUT2D eigenvalue weighted by Gasteiger charge is -2.20. The lowest BCUT2D eigenvalue weighted by Crippen LogP contribution is -2.43. The Morgan fingerprint density at radius 2 is 2.04 bits per heavy atom. The number of nitrogens with zero attached hydrogens (tertiary/aromatic N) is 2. The second-order valence-electron chi connectivity index (χ2n) is 4.68. The molecule has 0 aromatic carbocycles. The number of halogens is 6. The molecule has 23 heavy (non-hydrogen) atoms. The fraction of sp³-hybridized carbons (Fsp3) is 0.385. The van der Waals surface area contributed by atoms with Crippen molar-refractivity contribution in [2.45, 2.75) is 18.6 Å². The summed E-state index contributed by atoms with van der Waals surface area (Å²) in [6.07, 6.45) is -4.08. The second kappa shape index (κ2) is 6.64. The van der Waals surface area contributed by atoms with E-state index in [1.807, 2.05) is 0 Å². The smallest absolute Gasteiger partial charge is 0.361 e. The SMILES string of the molecule is O=C(C=C1SCCN1Cc1ccc(Cl)nc1)C(F)(F)C(F)(F)F. The lowest BCUT2D eigenvalue weighted by molar-refractivity contribution is -0.266. The van der Waals surface area contributed by atoms with Gasteiger partial charge in [0.2, 0.25) is 5.78 Å². The number of carbonyl (C=O) groups is 1. The molecule has 0 amide bonds. The van der Waals surface area contributed by atoms with E-state index in [1.54, 1.807) is 11.0 Å². The Morgan fingerprint density at radius 3 is 2.61 bits per heavy atom. The van der Waals surface area contributed by atoms with Crippen LogP contribution >= 0.6 is 23.4 Å². The second-order valence-corrected chi connectivity index (χ2v) is 6.18. The highest BCUT2D eigenvalue weighted by Gasteiger charge is 2.62. The number of hydrogen-bond donors (Lipinski definition) is 0. The zero-order valence-electron chi connectivity index (χ0n) is 11.4. The van der Waals surface area contributed by atoms with Crippen LogP contribution in [-0.2, 0) is 11.3 Å². The highest BCUT2D eigenvalue weighted by atomic mass is 35.5. The van der Waals surface area contributed by atoms with Gasteiger partial charge in [-0.1, -0.05) is 17.7 Å². The first-order valence-electron chi connectivity index (χ1n) is 6.30. The summed E-state index contributed by atoms with van der Waals surface area (Å²) in [6.45, 7) is 0.651. The summed E-state index contributed by atoms with van der Waals surface area (Å²) >= 11 is 6.69. The monoisotopic (exact) mass is 372 g/mol. The van der Waals surface area contributed by atoms with Crippen LogP contribution in [0.4, 0.5) is 22.0 Å². The standard InChI is InChI=1S/C13H10ClF5N2OS/c14-10-2-1-8(6-20-10)7-21-3-4-23-11(21)5-9(22)12(15,16)13(17,18)19/h1-2,5-6H,3-4,7H2. The molecule has 0 aliphatic carbocycles. The predicted octanol–water partition coefficient (Wildman–Crippen LogP) is 3.89. The number of aromatic nitrogens is 1. The van der Waals surface area contributed by atoms with Crippen LogP contribution in [-0.4, -0.2) is 40.1 Å². The Morgan fingerprint density at radius 1 is 1.35 bits per heavy atom. The van der Waals surface area contributed by atoms with Crippen LogP contribution < -0.4 is 0 Å². The third kappa shape index (κ3) is 4.14. The summed E-state index contributed by atoms with van der Waals surface area (Å²) in [5.41, 5.74) is 0.692. The van der Waals surface area contributed by atoms with Gasteiger partial charge in [-0.05, 0) is 11.6 Å². The number of rotatable bonds is 4. The summed E-state index contributed by atoms with van der Waals surface area (Å²) in [5.74, 6) is -7.18. The Bertz CT molecular complexity index is 618. The van der Waals surface area contributed by atoms with Gasteiger partial charge < -0.3 is 4.90 Å². The number of ketones is 1. The Balaban J connectivity index is 2.15. The molecule has 0 radical (unpaired) electrons. The van der Waals surface area contributed by atoms with Crippen LogP contribution in [0.5, 0.6) is 0 Å². The Hall–Kier alpha value is -1.35. The van der Waals surface area contributed by atoms with Crippen molar-refractivity contribution in [3.05, 3.63) is 40.2 Å². The molecule has 1 aromatic rings. The molecule has 0 saturated carbocycles. The third-order valence-corrected chi connectivity index (χ3v) is 4.29. The Labute approximate surface area is 137 Å². The number of pyridine rings is 1. The highest BCUT2D eigenvalue weighted by Crippen LogP contribution is 2.38. The number of carbonyl (C=O) groups excluding carboxylic acids is 1. The van der Waals surface area contributed by atoms with Crippen LogP contribution in [0.15, 0.2) is 29.4 Å². The van der Waals surface area contributed by atoms with Crippen LogP contribution in [0.25, 0.3) is 0 Å². The highest BCUT2D eigenvalue weighted by molar-refractivity contribution is 8.03. The summed E-state index contributed by atoms with van der Waals surface area (Å²) < 4.78 is 62.6. The number of thioether (sulfide) groups is 1. The van der Waals surface area contributed by atoms with Crippen molar-refractivity contribution in [1.82, 2.24) is 9.88 Å². The van der Waals surface area contributed by atoms with E-state index in [2.05, 4.69) is 4.98 Å². The molecule has 1 saturated heterocycles. The zero-order valence-corrected chi connectivity index (χ0v) is 13.0. The molecule has 1 fully saturated rings. The fourth-order valence-electron chi connectivity index (χ4n) is 1.81. The van der Waals surface area contributed by atoms with E-state index in [4.69, 9.17) is 11.6 Å². The van der Waals surface area contributed by atoms with Crippen LogP contribution in [0.3, 0.4) is 0 Å². The van der Waals surface area contributed by atoms with Gasteiger partial charge in [0, 0.05) is 31.1 Å². The van der Waals surface area contributed by atoms with E-state index in [0.29, 0.717) is 23.9 Å². The van der Waals surface area contributed by atoms with E-state index in [0.717, 1.165) is 11.8 Å². The van der Waals surface area contributed by atoms with Crippen molar-refractivity contribution in [2.75, 3.05) is 12.3 Å². The van der Waals surface area contributed by atoms with E-state index < -0.39 is 17.9 Å². The predicted molar refractivity (Wildman–Crippen MR) is 76.2 cm³/mol. The first-order chi connectivity index (χ1) is 10.6. The van der Waals surface area contributed by atoms with Crippen molar-refractivity contribution in [3.63, 3.8) is 0 Å². The van der Waals surface area contributed by atoms with Gasteiger partial charge in [-0.15, -0.1) is 11.8 Å². The van der Waals surface area contributed by atoms with Gasteiger partial charge in [-0.25, -0.2) is 4.98 Å². The average Bonchev–Trinajstić information content (AvgIpc) is 2.87. The van der Waals surface area contributed by atoms with Crippen LogP contribution in [0.1, 0.15) is 5.56 Å². The maximum absolute atomic E-state index is 13.0. The van der Waals surface area contributed by atoms with Gasteiger partial charge in [0.25, 0.3) is 0 Å². The topological polar surface area (TPSA) is 33.2 Å². The zero-order chi connectivity index (χ0) is 17.3. The number of allylic oxidation sites excluding steroid dienone is 1. The summed E-state index contributed by atoms with van der Waals surface area (Å²) in [7, 11) is 0. The maximum Gasteiger partial charge on any atom is 0.461 e. The molecule has 0 atom stereocenters. The minimum Gasteiger partial charge on any atom is -0.361 e. The minimum absolute atomic E-state index is 0.0777. The van der Waals surface area contributed by atoms with Gasteiger partial charge in [-0.3, -0.25) is 4.79 Å². The molecule has 126 valence electrons. The number of alkyl halides is 5. The Kier molecular flexibility index (Phi) is 5.20. The van der Waals surface area contributed by atoms with Crippen molar-refractivity contribution >= 4 is 29.1 Å². The third-order valence-electron chi connectivity index (χ3n) is 3.00. The summed E-state index contributed by atoms with van der Waals surface area (Å²) in [5, 5.41) is 0.356. The molecule has 0 spiro atoms. The van der Waals surface area contributed by atoms with Crippen LogP contribution in [0, 0.1) is 0 Å². The molecule has 2 rings (SSSR count). The average molecular weight is 373 g/mol. The quantitative estimate of drug-likeness (QED) is 0.456. The molecule has 10 heteroatoms. The summed E-state index contributed by atoms with van der Waals surface area (Å²) in [6, 6.07) is 3.19. The molecule has 0 bridgehead atoms. The molecule has 0 N–H and O–H groups in total. The van der Waals surface area contributed by atoms with Crippen molar-refractivity contribution in [1.29, 1.82) is 0 Å². The van der Waals surface area contributed by atoms with Gasteiger partial charge >= 0.3 is 12.1 Å². The van der Waals surface area contributed by atoms with Gasteiger partial charge in [0.1, 0.15) is 5.15 Å².